The normalized spacial score (nSPS) is 11.6. The summed E-state index contributed by atoms with van der Waals surface area (Å²) in [6, 6.07) is 0. The van der Waals surface area contributed by atoms with Gasteiger partial charge in [0.1, 0.15) is 31.8 Å². The molecule has 0 saturated heterocycles. The van der Waals surface area contributed by atoms with Crippen LogP contribution in [-0.2, 0) is 38.1 Å². The summed E-state index contributed by atoms with van der Waals surface area (Å²) in [6.07, 6.45) is 50.9. The predicted octanol–water partition coefficient (Wildman–Crippen LogP) is 16.3. The average molecular weight is 895 g/mol. The van der Waals surface area contributed by atoms with E-state index < -0.39 is 23.3 Å². The summed E-state index contributed by atoms with van der Waals surface area (Å²) in [5.41, 5.74) is -1.33. The van der Waals surface area contributed by atoms with Gasteiger partial charge in [-0.25, -0.2) is 9.59 Å². The standard InChI is InChI=1S/C55H106O8/c1-5-8-11-14-17-20-23-25-27-29-31-33-36-39-42-45-59-48-52(56)62-50-55(4,54(58)61-47-44-41-38-35-22-19-16-13-10-7-3)51-63-53(57)49-60-46-43-40-37-34-32-30-28-26-24-21-18-15-12-9-6-2/h5-51H2,1-4H3. The summed E-state index contributed by atoms with van der Waals surface area (Å²) in [5.74, 6) is -1.61. The van der Waals surface area contributed by atoms with Crippen molar-refractivity contribution in [3.05, 3.63) is 0 Å². The third-order valence-corrected chi connectivity index (χ3v) is 12.6. The van der Waals surface area contributed by atoms with Gasteiger partial charge in [-0.15, -0.1) is 0 Å². The first-order chi connectivity index (χ1) is 30.9. The van der Waals surface area contributed by atoms with Gasteiger partial charge in [0.2, 0.25) is 0 Å². The van der Waals surface area contributed by atoms with Crippen molar-refractivity contribution in [3.8, 4) is 0 Å². The van der Waals surface area contributed by atoms with Crippen LogP contribution in [0, 0.1) is 5.41 Å². The van der Waals surface area contributed by atoms with Gasteiger partial charge in [0.25, 0.3) is 0 Å². The van der Waals surface area contributed by atoms with Crippen LogP contribution in [0.3, 0.4) is 0 Å². The van der Waals surface area contributed by atoms with Gasteiger partial charge < -0.3 is 23.7 Å². The Morgan fingerprint density at radius 3 is 0.778 bits per heavy atom. The molecule has 8 heteroatoms. The van der Waals surface area contributed by atoms with Gasteiger partial charge in [-0.05, 0) is 26.2 Å². The molecule has 0 aliphatic heterocycles. The highest BCUT2D eigenvalue weighted by molar-refractivity contribution is 5.78. The SMILES string of the molecule is CCCCCCCCCCCCCCCCCOCC(=O)OCC(C)(COC(=O)COCCCCCCCCCCCCCCCCC)C(=O)OCCCCCCCCCCCC. The molecule has 0 amide bonds. The van der Waals surface area contributed by atoms with E-state index in [4.69, 9.17) is 23.7 Å². The van der Waals surface area contributed by atoms with Crippen LogP contribution in [0.1, 0.15) is 285 Å². The molecule has 0 aromatic rings. The van der Waals surface area contributed by atoms with Crippen LogP contribution < -0.4 is 0 Å². The summed E-state index contributed by atoms with van der Waals surface area (Å²) >= 11 is 0. The highest BCUT2D eigenvalue weighted by atomic mass is 16.6. The van der Waals surface area contributed by atoms with Crippen LogP contribution in [0.25, 0.3) is 0 Å². The van der Waals surface area contributed by atoms with E-state index in [1.54, 1.807) is 6.92 Å². The average Bonchev–Trinajstić information content (AvgIpc) is 3.28. The van der Waals surface area contributed by atoms with Gasteiger partial charge in [0.05, 0.1) is 6.61 Å². The fourth-order valence-electron chi connectivity index (χ4n) is 8.11. The van der Waals surface area contributed by atoms with Crippen molar-refractivity contribution < 1.29 is 38.1 Å². The molecule has 0 fully saturated rings. The lowest BCUT2D eigenvalue weighted by Gasteiger charge is -2.26. The molecule has 0 heterocycles. The lowest BCUT2D eigenvalue weighted by Crippen LogP contribution is -2.41. The quantitative estimate of drug-likeness (QED) is 0.0338. The Bertz CT molecular complexity index is 916. The van der Waals surface area contributed by atoms with E-state index in [9.17, 15) is 14.4 Å². The fourth-order valence-corrected chi connectivity index (χ4v) is 8.11. The number of carbonyl (C=O) groups excluding carboxylic acids is 3. The second-order valence-corrected chi connectivity index (χ2v) is 19.2. The minimum atomic E-state index is -1.33. The molecular formula is C55H106O8. The summed E-state index contributed by atoms with van der Waals surface area (Å²) in [7, 11) is 0. The number of unbranched alkanes of at least 4 members (excludes halogenated alkanes) is 37. The molecular weight excluding hydrogens is 789 g/mol. The molecule has 0 spiro atoms. The smallest absolute Gasteiger partial charge is 0.332 e. The molecule has 0 aromatic heterocycles. The van der Waals surface area contributed by atoms with Gasteiger partial charge in [-0.2, -0.15) is 0 Å². The Balaban J connectivity index is 4.35. The van der Waals surface area contributed by atoms with Crippen molar-refractivity contribution in [1.29, 1.82) is 0 Å². The summed E-state index contributed by atoms with van der Waals surface area (Å²) in [4.78, 5) is 38.6. The van der Waals surface area contributed by atoms with E-state index in [1.807, 2.05) is 0 Å². The Hall–Kier alpha value is -1.67. The zero-order valence-corrected chi connectivity index (χ0v) is 42.5. The Kier molecular flexibility index (Phi) is 48.4. The maximum absolute atomic E-state index is 13.3. The van der Waals surface area contributed by atoms with Crippen LogP contribution in [-0.4, -0.2) is 64.2 Å². The lowest BCUT2D eigenvalue weighted by molar-refractivity contribution is -0.172. The van der Waals surface area contributed by atoms with Gasteiger partial charge in [-0.3, -0.25) is 4.79 Å². The third-order valence-electron chi connectivity index (χ3n) is 12.6. The first-order valence-electron chi connectivity index (χ1n) is 27.5. The van der Waals surface area contributed by atoms with Crippen LogP contribution in [0.2, 0.25) is 0 Å². The Morgan fingerprint density at radius 1 is 0.302 bits per heavy atom. The second-order valence-electron chi connectivity index (χ2n) is 19.2. The maximum atomic E-state index is 13.3. The van der Waals surface area contributed by atoms with Crippen molar-refractivity contribution in [2.45, 2.75) is 285 Å². The zero-order valence-electron chi connectivity index (χ0n) is 42.5. The largest absolute Gasteiger partial charge is 0.465 e. The van der Waals surface area contributed by atoms with Crippen molar-refractivity contribution >= 4 is 17.9 Å². The summed E-state index contributed by atoms with van der Waals surface area (Å²) in [5, 5.41) is 0. The molecule has 0 N–H and O–H groups in total. The van der Waals surface area contributed by atoms with E-state index in [0.29, 0.717) is 13.2 Å². The third kappa shape index (κ3) is 45.3. The monoisotopic (exact) mass is 895 g/mol. The number of hydrogen-bond acceptors (Lipinski definition) is 8. The fraction of sp³-hybridized carbons (Fsp3) is 0.945. The molecule has 0 unspecified atom stereocenters. The van der Waals surface area contributed by atoms with Gasteiger partial charge in [0, 0.05) is 13.2 Å². The molecule has 0 rings (SSSR count). The van der Waals surface area contributed by atoms with Crippen molar-refractivity contribution in [1.82, 2.24) is 0 Å². The highest BCUT2D eigenvalue weighted by Gasteiger charge is 2.38. The summed E-state index contributed by atoms with van der Waals surface area (Å²) in [6.45, 7) is 8.86. The highest BCUT2D eigenvalue weighted by Crippen LogP contribution is 2.22. The molecule has 0 atom stereocenters. The van der Waals surface area contributed by atoms with E-state index >= 15 is 0 Å². The molecule has 0 bridgehead atoms. The van der Waals surface area contributed by atoms with Crippen LogP contribution in [0.4, 0.5) is 0 Å². The van der Waals surface area contributed by atoms with E-state index in [2.05, 4.69) is 20.8 Å². The van der Waals surface area contributed by atoms with Gasteiger partial charge >= 0.3 is 17.9 Å². The Labute approximate surface area is 390 Å². The van der Waals surface area contributed by atoms with Crippen LogP contribution >= 0.6 is 0 Å². The number of hydrogen-bond donors (Lipinski definition) is 0. The molecule has 8 nitrogen and oxygen atoms in total. The first-order valence-corrected chi connectivity index (χ1v) is 27.5. The number of carbonyl (C=O) groups is 3. The van der Waals surface area contributed by atoms with Crippen LogP contribution in [0.15, 0.2) is 0 Å². The lowest BCUT2D eigenvalue weighted by atomic mass is 9.93. The topological polar surface area (TPSA) is 97.4 Å². The molecule has 0 saturated carbocycles. The van der Waals surface area contributed by atoms with Crippen molar-refractivity contribution in [2.75, 3.05) is 46.2 Å². The molecule has 63 heavy (non-hydrogen) atoms. The molecule has 0 aliphatic rings. The van der Waals surface area contributed by atoms with Crippen LogP contribution in [0.5, 0.6) is 0 Å². The van der Waals surface area contributed by atoms with Crippen molar-refractivity contribution in [3.63, 3.8) is 0 Å². The first kappa shape index (κ1) is 61.3. The number of ether oxygens (including phenoxy) is 5. The van der Waals surface area contributed by atoms with E-state index in [0.717, 1.165) is 44.9 Å². The predicted molar refractivity (Wildman–Crippen MR) is 264 cm³/mol. The summed E-state index contributed by atoms with van der Waals surface area (Å²) < 4.78 is 27.9. The molecule has 0 aliphatic carbocycles. The second kappa shape index (κ2) is 49.8. The van der Waals surface area contributed by atoms with Gasteiger partial charge in [-0.1, -0.05) is 258 Å². The van der Waals surface area contributed by atoms with E-state index in [1.165, 1.54) is 212 Å². The number of rotatable bonds is 52. The Morgan fingerprint density at radius 2 is 0.524 bits per heavy atom. The number of esters is 3. The maximum Gasteiger partial charge on any atom is 0.332 e. The molecule has 374 valence electrons. The molecule has 0 aromatic carbocycles. The minimum absolute atomic E-state index is 0.171. The zero-order chi connectivity index (χ0) is 46.0. The van der Waals surface area contributed by atoms with Crippen molar-refractivity contribution in [2.24, 2.45) is 5.41 Å². The van der Waals surface area contributed by atoms with E-state index in [-0.39, 0.29) is 33.0 Å². The minimum Gasteiger partial charge on any atom is -0.465 e. The molecule has 0 radical (unpaired) electrons. The van der Waals surface area contributed by atoms with Gasteiger partial charge in [0.15, 0.2) is 0 Å².